The van der Waals surface area contributed by atoms with E-state index in [4.69, 9.17) is 9.47 Å². The number of carbonyl (C=O) groups is 1. The van der Waals surface area contributed by atoms with Crippen LogP contribution in [0.15, 0.2) is 18.2 Å². The predicted octanol–water partition coefficient (Wildman–Crippen LogP) is 3.48. The maximum Gasteiger partial charge on any atom is 0.340 e. The fourth-order valence-electron chi connectivity index (χ4n) is 3.12. The lowest BCUT2D eigenvalue weighted by molar-refractivity contribution is 0.0527. The summed E-state index contributed by atoms with van der Waals surface area (Å²) in [6, 6.07) is 5.87. The van der Waals surface area contributed by atoms with Crippen molar-refractivity contribution in [3.05, 3.63) is 29.5 Å². The molecule has 0 unspecified atom stereocenters. The first-order valence-electron chi connectivity index (χ1n) is 8.63. The first kappa shape index (κ1) is 18.3. The number of ether oxygens (including phenoxy) is 2. The van der Waals surface area contributed by atoms with Crippen LogP contribution in [0.3, 0.4) is 0 Å². The third kappa shape index (κ3) is 3.56. The van der Waals surface area contributed by atoms with E-state index in [1.165, 1.54) is 0 Å². The zero-order chi connectivity index (χ0) is 17.7. The Bertz CT molecular complexity index is 702. The van der Waals surface area contributed by atoms with Gasteiger partial charge in [0.1, 0.15) is 5.75 Å². The smallest absolute Gasteiger partial charge is 0.340 e. The van der Waals surface area contributed by atoms with Gasteiger partial charge in [-0.1, -0.05) is 13.8 Å². The first-order chi connectivity index (χ1) is 11.6. The summed E-state index contributed by atoms with van der Waals surface area (Å²) in [4.78, 5) is 14.8. The number of aromatic nitrogens is 1. The molecule has 5 heteroatoms. The molecule has 0 saturated carbocycles. The van der Waals surface area contributed by atoms with Crippen LogP contribution in [0.4, 0.5) is 0 Å². The highest BCUT2D eigenvalue weighted by Crippen LogP contribution is 2.30. The van der Waals surface area contributed by atoms with Crippen molar-refractivity contribution in [1.82, 2.24) is 9.47 Å². The lowest BCUT2D eigenvalue weighted by atomic mass is 10.1. The molecular weight excluding hydrogens is 304 g/mol. The van der Waals surface area contributed by atoms with Gasteiger partial charge in [0.15, 0.2) is 0 Å². The normalized spacial score (nSPS) is 11.2. The summed E-state index contributed by atoms with van der Waals surface area (Å²) >= 11 is 0. The van der Waals surface area contributed by atoms with E-state index in [-0.39, 0.29) is 5.97 Å². The van der Waals surface area contributed by atoms with Crippen molar-refractivity contribution in [2.24, 2.45) is 0 Å². The van der Waals surface area contributed by atoms with Gasteiger partial charge < -0.3 is 18.9 Å². The second-order valence-corrected chi connectivity index (χ2v) is 5.74. The monoisotopic (exact) mass is 332 g/mol. The van der Waals surface area contributed by atoms with Crippen LogP contribution >= 0.6 is 0 Å². The number of carbonyl (C=O) groups excluding carboxylic acids is 1. The fourth-order valence-corrected chi connectivity index (χ4v) is 3.12. The second-order valence-electron chi connectivity index (χ2n) is 5.74. The molecule has 0 aliphatic carbocycles. The van der Waals surface area contributed by atoms with E-state index < -0.39 is 0 Å². The molecule has 24 heavy (non-hydrogen) atoms. The molecule has 132 valence electrons. The third-order valence-corrected chi connectivity index (χ3v) is 4.54. The topological polar surface area (TPSA) is 43.7 Å². The van der Waals surface area contributed by atoms with Crippen LogP contribution in [0.25, 0.3) is 10.9 Å². The van der Waals surface area contributed by atoms with Crippen LogP contribution in [0.2, 0.25) is 0 Å². The summed E-state index contributed by atoms with van der Waals surface area (Å²) < 4.78 is 12.8. The van der Waals surface area contributed by atoms with Gasteiger partial charge in [-0.2, -0.15) is 0 Å². The number of methoxy groups -OCH3 is 1. The van der Waals surface area contributed by atoms with Crippen molar-refractivity contribution in [3.8, 4) is 5.75 Å². The Balaban J connectivity index is 2.50. The van der Waals surface area contributed by atoms with Gasteiger partial charge in [-0.25, -0.2) is 4.79 Å². The van der Waals surface area contributed by atoms with Crippen molar-refractivity contribution >= 4 is 16.9 Å². The summed E-state index contributed by atoms with van der Waals surface area (Å²) in [5.74, 6) is 0.476. The molecule has 1 heterocycles. The molecule has 0 aliphatic rings. The standard InChI is InChI=1S/C19H28N2O3/c1-6-20(7-2)11-12-21-14(4)18(19(22)24-8-3)16-13-15(23-5)9-10-17(16)21/h9-10,13H,6-8,11-12H2,1-5H3. The number of likely N-dealkylation sites (N-methyl/N-ethyl adjacent to an activating group) is 1. The van der Waals surface area contributed by atoms with Crippen molar-refractivity contribution in [2.45, 2.75) is 34.2 Å². The number of fused-ring (bicyclic) bond motifs is 1. The Morgan fingerprint density at radius 1 is 1.21 bits per heavy atom. The minimum Gasteiger partial charge on any atom is -0.497 e. The van der Waals surface area contributed by atoms with Crippen LogP contribution in [-0.4, -0.2) is 48.8 Å². The highest BCUT2D eigenvalue weighted by atomic mass is 16.5. The van der Waals surface area contributed by atoms with Gasteiger partial charge >= 0.3 is 5.97 Å². The number of rotatable bonds is 8. The molecule has 0 bridgehead atoms. The van der Waals surface area contributed by atoms with Crippen molar-refractivity contribution in [1.29, 1.82) is 0 Å². The summed E-state index contributed by atoms with van der Waals surface area (Å²) in [6.45, 7) is 12.4. The number of benzene rings is 1. The minimum absolute atomic E-state index is 0.269. The molecule has 0 spiro atoms. The molecule has 0 N–H and O–H groups in total. The quantitative estimate of drug-likeness (QED) is 0.694. The molecule has 1 aromatic heterocycles. The molecule has 5 nitrogen and oxygen atoms in total. The lowest BCUT2D eigenvalue weighted by Gasteiger charge is -2.19. The van der Waals surface area contributed by atoms with E-state index >= 15 is 0 Å². The molecule has 0 saturated heterocycles. The van der Waals surface area contributed by atoms with Gasteiger partial charge in [-0.15, -0.1) is 0 Å². The Morgan fingerprint density at radius 2 is 1.92 bits per heavy atom. The van der Waals surface area contributed by atoms with Gasteiger partial charge in [0.2, 0.25) is 0 Å². The van der Waals surface area contributed by atoms with E-state index in [9.17, 15) is 4.79 Å². The van der Waals surface area contributed by atoms with Gasteiger partial charge in [-0.05, 0) is 45.1 Å². The van der Waals surface area contributed by atoms with Gasteiger partial charge in [0.05, 0.1) is 19.3 Å². The molecule has 2 aromatic rings. The SMILES string of the molecule is CCOC(=O)c1c(C)n(CCN(CC)CC)c2ccc(OC)cc12. The molecular formula is C19H28N2O3. The molecule has 2 rings (SSSR count). The zero-order valence-corrected chi connectivity index (χ0v) is 15.4. The Labute approximate surface area is 144 Å². The maximum absolute atomic E-state index is 12.5. The molecule has 0 radical (unpaired) electrons. The van der Waals surface area contributed by atoms with Gasteiger partial charge in [0.25, 0.3) is 0 Å². The van der Waals surface area contributed by atoms with Crippen LogP contribution in [-0.2, 0) is 11.3 Å². The van der Waals surface area contributed by atoms with E-state index in [0.717, 1.165) is 48.5 Å². The Morgan fingerprint density at radius 3 is 2.50 bits per heavy atom. The number of hydrogen-bond donors (Lipinski definition) is 0. The largest absolute Gasteiger partial charge is 0.497 e. The van der Waals surface area contributed by atoms with Crippen molar-refractivity contribution in [2.75, 3.05) is 33.4 Å². The predicted molar refractivity (Wildman–Crippen MR) is 97.0 cm³/mol. The maximum atomic E-state index is 12.5. The lowest BCUT2D eigenvalue weighted by Crippen LogP contribution is -2.27. The highest BCUT2D eigenvalue weighted by Gasteiger charge is 2.21. The van der Waals surface area contributed by atoms with Crippen molar-refractivity contribution < 1.29 is 14.3 Å². The average molecular weight is 332 g/mol. The van der Waals surface area contributed by atoms with E-state index in [1.54, 1.807) is 7.11 Å². The summed E-state index contributed by atoms with van der Waals surface area (Å²) in [5, 5.41) is 0.893. The van der Waals surface area contributed by atoms with E-state index in [2.05, 4.69) is 23.3 Å². The fraction of sp³-hybridized carbons (Fsp3) is 0.526. The van der Waals surface area contributed by atoms with E-state index in [0.29, 0.717) is 12.2 Å². The summed E-state index contributed by atoms with van der Waals surface area (Å²) in [6.07, 6.45) is 0. The summed E-state index contributed by atoms with van der Waals surface area (Å²) in [5.41, 5.74) is 2.64. The van der Waals surface area contributed by atoms with Crippen molar-refractivity contribution in [3.63, 3.8) is 0 Å². The molecule has 0 aliphatic heterocycles. The van der Waals surface area contributed by atoms with Crippen LogP contribution in [0.5, 0.6) is 5.75 Å². The minimum atomic E-state index is -0.269. The molecule has 0 fully saturated rings. The number of hydrogen-bond acceptors (Lipinski definition) is 4. The molecule has 0 atom stereocenters. The number of esters is 1. The average Bonchev–Trinajstić information content (AvgIpc) is 2.87. The van der Waals surface area contributed by atoms with Crippen LogP contribution in [0.1, 0.15) is 36.8 Å². The zero-order valence-electron chi connectivity index (χ0n) is 15.4. The van der Waals surface area contributed by atoms with E-state index in [1.807, 2.05) is 32.0 Å². The van der Waals surface area contributed by atoms with Crippen LogP contribution < -0.4 is 4.74 Å². The third-order valence-electron chi connectivity index (χ3n) is 4.54. The molecule has 0 amide bonds. The Kier molecular flexibility index (Phi) is 6.26. The second kappa shape index (κ2) is 8.20. The number of nitrogens with zero attached hydrogens (tertiary/aromatic N) is 2. The van der Waals surface area contributed by atoms with Gasteiger partial charge in [-0.3, -0.25) is 0 Å². The summed E-state index contributed by atoms with van der Waals surface area (Å²) in [7, 11) is 1.63. The van der Waals surface area contributed by atoms with Crippen LogP contribution in [0, 0.1) is 6.92 Å². The highest BCUT2D eigenvalue weighted by molar-refractivity contribution is 6.06. The van der Waals surface area contributed by atoms with Gasteiger partial charge in [0, 0.05) is 29.7 Å². The Hall–Kier alpha value is -2.01. The molecule has 1 aromatic carbocycles. The first-order valence-corrected chi connectivity index (χ1v) is 8.63.